The van der Waals surface area contributed by atoms with Gasteiger partial charge >= 0.3 is 0 Å². The SMILES string of the molecule is OCc1ccccc1Oc1ncnc2ccccc12. The molecule has 0 aliphatic heterocycles. The molecular formula is C15H12N2O2. The molecule has 0 unspecified atom stereocenters. The largest absolute Gasteiger partial charge is 0.438 e. The maximum atomic E-state index is 9.30. The average Bonchev–Trinajstić information content (AvgIpc) is 2.48. The van der Waals surface area contributed by atoms with E-state index in [0.29, 0.717) is 11.6 Å². The maximum absolute atomic E-state index is 9.30. The minimum atomic E-state index is -0.0702. The first-order chi connectivity index (χ1) is 9.38. The van der Waals surface area contributed by atoms with Crippen LogP contribution >= 0.6 is 0 Å². The summed E-state index contributed by atoms with van der Waals surface area (Å²) in [5.41, 5.74) is 1.55. The van der Waals surface area contributed by atoms with Crippen LogP contribution in [-0.4, -0.2) is 15.1 Å². The second-order valence-electron chi connectivity index (χ2n) is 4.06. The third-order valence-electron chi connectivity index (χ3n) is 2.86. The summed E-state index contributed by atoms with van der Waals surface area (Å²) >= 11 is 0. The number of hydrogen-bond acceptors (Lipinski definition) is 4. The zero-order chi connectivity index (χ0) is 13.1. The van der Waals surface area contributed by atoms with Gasteiger partial charge in [0.25, 0.3) is 0 Å². The predicted molar refractivity (Wildman–Crippen MR) is 72.0 cm³/mol. The summed E-state index contributed by atoms with van der Waals surface area (Å²) < 4.78 is 5.80. The van der Waals surface area contributed by atoms with E-state index in [2.05, 4.69) is 9.97 Å². The fourth-order valence-electron chi connectivity index (χ4n) is 1.90. The molecule has 0 fully saturated rings. The van der Waals surface area contributed by atoms with E-state index in [0.717, 1.165) is 16.5 Å². The van der Waals surface area contributed by atoms with E-state index < -0.39 is 0 Å². The number of aromatic nitrogens is 2. The molecule has 0 atom stereocenters. The highest BCUT2D eigenvalue weighted by atomic mass is 16.5. The molecular weight excluding hydrogens is 240 g/mol. The number of nitrogens with zero attached hydrogens (tertiary/aromatic N) is 2. The molecule has 0 saturated carbocycles. The first-order valence-electron chi connectivity index (χ1n) is 5.95. The van der Waals surface area contributed by atoms with Crippen molar-refractivity contribution in [2.45, 2.75) is 6.61 Å². The summed E-state index contributed by atoms with van der Waals surface area (Å²) in [7, 11) is 0. The maximum Gasteiger partial charge on any atom is 0.230 e. The van der Waals surface area contributed by atoms with Crippen molar-refractivity contribution in [1.82, 2.24) is 9.97 Å². The Bertz CT molecular complexity index is 708. The number of para-hydroxylation sites is 2. The van der Waals surface area contributed by atoms with Crippen molar-refractivity contribution in [1.29, 1.82) is 0 Å². The van der Waals surface area contributed by atoms with Gasteiger partial charge in [0.15, 0.2) is 0 Å². The van der Waals surface area contributed by atoms with Crippen molar-refractivity contribution >= 4 is 10.9 Å². The normalized spacial score (nSPS) is 10.6. The molecule has 94 valence electrons. The minimum Gasteiger partial charge on any atom is -0.438 e. The van der Waals surface area contributed by atoms with Gasteiger partial charge in [-0.1, -0.05) is 30.3 Å². The molecule has 0 saturated heterocycles. The monoisotopic (exact) mass is 252 g/mol. The summed E-state index contributed by atoms with van der Waals surface area (Å²) in [6.07, 6.45) is 1.47. The molecule has 3 rings (SSSR count). The molecule has 3 aromatic rings. The Balaban J connectivity index is 2.06. The van der Waals surface area contributed by atoms with Gasteiger partial charge in [-0.15, -0.1) is 0 Å². The molecule has 1 aromatic heterocycles. The van der Waals surface area contributed by atoms with Gasteiger partial charge in [0, 0.05) is 5.56 Å². The molecule has 4 nitrogen and oxygen atoms in total. The van der Waals surface area contributed by atoms with Crippen molar-refractivity contribution in [3.8, 4) is 11.6 Å². The lowest BCUT2D eigenvalue weighted by Gasteiger charge is -2.10. The highest BCUT2D eigenvalue weighted by Gasteiger charge is 2.08. The van der Waals surface area contributed by atoms with E-state index in [1.54, 1.807) is 0 Å². The molecule has 0 bridgehead atoms. The fraction of sp³-hybridized carbons (Fsp3) is 0.0667. The number of rotatable bonds is 3. The highest BCUT2D eigenvalue weighted by Crippen LogP contribution is 2.28. The van der Waals surface area contributed by atoms with E-state index >= 15 is 0 Å². The van der Waals surface area contributed by atoms with Gasteiger partial charge in [-0.3, -0.25) is 0 Å². The van der Waals surface area contributed by atoms with Crippen LogP contribution in [0.5, 0.6) is 11.6 Å². The summed E-state index contributed by atoms with van der Waals surface area (Å²) in [5, 5.41) is 10.1. The van der Waals surface area contributed by atoms with Gasteiger partial charge in [-0.25, -0.2) is 9.97 Å². The van der Waals surface area contributed by atoms with Crippen LogP contribution in [-0.2, 0) is 6.61 Å². The van der Waals surface area contributed by atoms with Gasteiger partial charge in [0.2, 0.25) is 5.88 Å². The fourth-order valence-corrected chi connectivity index (χ4v) is 1.90. The van der Waals surface area contributed by atoms with Gasteiger partial charge < -0.3 is 9.84 Å². The Hall–Kier alpha value is -2.46. The van der Waals surface area contributed by atoms with Crippen molar-refractivity contribution in [2.75, 3.05) is 0 Å². The molecule has 2 aromatic carbocycles. The van der Waals surface area contributed by atoms with Crippen LogP contribution in [0.2, 0.25) is 0 Å². The van der Waals surface area contributed by atoms with Crippen LogP contribution < -0.4 is 4.74 Å². The Labute approximate surface area is 110 Å². The third-order valence-corrected chi connectivity index (χ3v) is 2.86. The van der Waals surface area contributed by atoms with Crippen molar-refractivity contribution in [3.05, 3.63) is 60.4 Å². The second-order valence-corrected chi connectivity index (χ2v) is 4.06. The van der Waals surface area contributed by atoms with Crippen LogP contribution in [0, 0.1) is 0 Å². The second kappa shape index (κ2) is 5.04. The van der Waals surface area contributed by atoms with Gasteiger partial charge in [0.05, 0.1) is 17.5 Å². The van der Waals surface area contributed by atoms with Crippen LogP contribution in [0.4, 0.5) is 0 Å². The molecule has 19 heavy (non-hydrogen) atoms. The summed E-state index contributed by atoms with van der Waals surface area (Å²) in [5.74, 6) is 1.10. The van der Waals surface area contributed by atoms with Crippen molar-refractivity contribution in [3.63, 3.8) is 0 Å². The van der Waals surface area contributed by atoms with E-state index in [1.165, 1.54) is 6.33 Å². The zero-order valence-corrected chi connectivity index (χ0v) is 10.2. The van der Waals surface area contributed by atoms with Gasteiger partial charge in [-0.2, -0.15) is 0 Å². The molecule has 0 aliphatic rings. The topological polar surface area (TPSA) is 55.2 Å². The molecule has 0 radical (unpaired) electrons. The number of hydrogen-bond donors (Lipinski definition) is 1. The Kier molecular flexibility index (Phi) is 3.08. The lowest BCUT2D eigenvalue weighted by Crippen LogP contribution is -1.94. The summed E-state index contributed by atoms with van der Waals surface area (Å²) in [6.45, 7) is -0.0702. The summed E-state index contributed by atoms with van der Waals surface area (Å²) in [6, 6.07) is 15.0. The molecule has 0 spiro atoms. The third kappa shape index (κ3) is 2.26. The van der Waals surface area contributed by atoms with E-state index in [9.17, 15) is 5.11 Å². The number of benzene rings is 2. The number of fused-ring (bicyclic) bond motifs is 1. The molecule has 0 amide bonds. The van der Waals surface area contributed by atoms with Gasteiger partial charge in [-0.05, 0) is 18.2 Å². The first-order valence-corrected chi connectivity index (χ1v) is 5.95. The molecule has 0 aliphatic carbocycles. The molecule has 4 heteroatoms. The minimum absolute atomic E-state index is 0.0702. The number of aliphatic hydroxyl groups excluding tert-OH is 1. The first kappa shape index (κ1) is 11.6. The van der Waals surface area contributed by atoms with Crippen LogP contribution in [0.15, 0.2) is 54.9 Å². The predicted octanol–water partition coefficient (Wildman–Crippen LogP) is 2.91. The van der Waals surface area contributed by atoms with E-state index in [4.69, 9.17) is 4.74 Å². The summed E-state index contributed by atoms with van der Waals surface area (Å²) in [4.78, 5) is 8.35. The molecule has 1 N–H and O–H groups in total. The van der Waals surface area contributed by atoms with E-state index in [-0.39, 0.29) is 6.61 Å². The van der Waals surface area contributed by atoms with Crippen molar-refractivity contribution < 1.29 is 9.84 Å². The highest BCUT2D eigenvalue weighted by molar-refractivity contribution is 5.83. The van der Waals surface area contributed by atoms with Gasteiger partial charge in [0.1, 0.15) is 12.1 Å². The number of aliphatic hydroxyl groups is 1. The van der Waals surface area contributed by atoms with Crippen LogP contribution in [0.3, 0.4) is 0 Å². The lowest BCUT2D eigenvalue weighted by atomic mass is 10.2. The smallest absolute Gasteiger partial charge is 0.230 e. The quantitative estimate of drug-likeness (QED) is 0.778. The zero-order valence-electron chi connectivity index (χ0n) is 10.2. The lowest BCUT2D eigenvalue weighted by molar-refractivity contribution is 0.276. The Morgan fingerprint density at radius 2 is 1.74 bits per heavy atom. The van der Waals surface area contributed by atoms with Crippen LogP contribution in [0.1, 0.15) is 5.56 Å². The van der Waals surface area contributed by atoms with E-state index in [1.807, 2.05) is 48.5 Å². The standard InChI is InChI=1S/C15H12N2O2/c18-9-11-5-1-4-8-14(11)19-15-12-6-2-3-7-13(12)16-10-17-15/h1-8,10,18H,9H2. The van der Waals surface area contributed by atoms with Crippen molar-refractivity contribution in [2.24, 2.45) is 0 Å². The van der Waals surface area contributed by atoms with Crippen LogP contribution in [0.25, 0.3) is 10.9 Å². The Morgan fingerprint density at radius 3 is 2.63 bits per heavy atom. The average molecular weight is 252 g/mol. The number of ether oxygens (including phenoxy) is 1. The Morgan fingerprint density at radius 1 is 0.947 bits per heavy atom. The molecule has 1 heterocycles.